The maximum Gasteiger partial charge on any atom is -1.00 e. The Hall–Kier alpha value is -1.96. The standard InChI is InChI=1S/C22H25.C21H23.C2H6Si.2ClH.Zr/c1-15(2)18-13-17-7-6-8-20(21(17)14-18)16-9-11-19(12-10-16)22(3,4)5;1-14-12-19-15(2)6-11-18(20(19)13-14)16-7-9-17(10-8-16)21(3,4)5;1-3-2;;;/h6-15H,1-5H3;6-13H,1-5H3;1-2H3;2*1H;/q;;;;;+2/p-2. The summed E-state index contributed by atoms with van der Waals surface area (Å²) >= 11 is -2.23. The van der Waals surface area contributed by atoms with Crippen molar-refractivity contribution >= 4 is 17.6 Å². The molecule has 0 fully saturated rings. The van der Waals surface area contributed by atoms with E-state index in [0.717, 1.165) is 0 Å². The molecular formula is C45H54Cl2SiZr. The monoisotopic (exact) mass is 782 g/mol. The van der Waals surface area contributed by atoms with Crippen LogP contribution in [0.5, 0.6) is 0 Å². The van der Waals surface area contributed by atoms with Gasteiger partial charge in [0.1, 0.15) is 0 Å². The third kappa shape index (κ3) is 7.51. The average Bonchev–Trinajstić information content (AvgIpc) is 3.56. The fraction of sp³-hybridized carbons (Fsp3) is 0.378. The maximum atomic E-state index is 2.65. The molecule has 0 nitrogen and oxygen atoms in total. The van der Waals surface area contributed by atoms with Gasteiger partial charge in [-0.3, -0.25) is 0 Å². The van der Waals surface area contributed by atoms with Gasteiger partial charge < -0.3 is 24.8 Å². The van der Waals surface area contributed by atoms with Crippen LogP contribution in [0.3, 0.4) is 0 Å². The van der Waals surface area contributed by atoms with Crippen LogP contribution in [0.15, 0.2) is 90.0 Å². The first-order valence-electron chi connectivity index (χ1n) is 17.6. The molecular weight excluding hydrogens is 731 g/mol. The molecule has 0 bridgehead atoms. The normalized spacial score (nSPS) is 16.5. The molecule has 0 aliphatic heterocycles. The van der Waals surface area contributed by atoms with E-state index in [1.807, 2.05) is 0 Å². The Kier molecular flexibility index (Phi) is 12.1. The van der Waals surface area contributed by atoms with Crippen LogP contribution in [-0.2, 0) is 31.2 Å². The molecule has 2 atom stereocenters. The van der Waals surface area contributed by atoms with Gasteiger partial charge in [0.25, 0.3) is 0 Å². The molecule has 0 amide bonds. The smallest absolute Gasteiger partial charge is 1.00 e. The summed E-state index contributed by atoms with van der Waals surface area (Å²) in [5.74, 6) is 0.541. The first-order valence-corrected chi connectivity index (χ1v) is 26.7. The summed E-state index contributed by atoms with van der Waals surface area (Å²) in [5.41, 5.74) is 19.2. The van der Waals surface area contributed by atoms with Crippen LogP contribution in [0.25, 0.3) is 34.4 Å². The molecule has 0 spiro atoms. The van der Waals surface area contributed by atoms with E-state index in [4.69, 9.17) is 0 Å². The Morgan fingerprint density at radius 2 is 1.12 bits per heavy atom. The number of rotatable bonds is 5. The molecule has 2 unspecified atom stereocenters. The molecule has 2 aliphatic rings. The molecule has 49 heavy (non-hydrogen) atoms. The molecule has 0 N–H and O–H groups in total. The van der Waals surface area contributed by atoms with Crippen molar-refractivity contribution in [3.8, 4) is 22.3 Å². The van der Waals surface area contributed by atoms with Gasteiger partial charge in [-0.05, 0) is 0 Å². The van der Waals surface area contributed by atoms with Crippen molar-refractivity contribution in [2.24, 2.45) is 5.92 Å². The minimum atomic E-state index is -2.23. The molecule has 4 aromatic rings. The van der Waals surface area contributed by atoms with Gasteiger partial charge in [-0.1, -0.05) is 0 Å². The molecule has 4 aromatic carbocycles. The molecule has 0 aromatic heterocycles. The van der Waals surface area contributed by atoms with E-state index in [2.05, 4.69) is 173 Å². The number of halogens is 2. The van der Waals surface area contributed by atoms with E-state index < -0.39 is 25.8 Å². The fourth-order valence-electron chi connectivity index (χ4n) is 8.04. The molecule has 4 heteroatoms. The second-order valence-corrected chi connectivity index (χ2v) is 34.6. The summed E-state index contributed by atoms with van der Waals surface area (Å²) in [7, 11) is 0. The van der Waals surface area contributed by atoms with E-state index in [-0.39, 0.29) is 35.6 Å². The summed E-state index contributed by atoms with van der Waals surface area (Å²) in [6.07, 6.45) is 5.23. The third-order valence-electron chi connectivity index (χ3n) is 10.7. The van der Waals surface area contributed by atoms with Crippen LogP contribution in [0, 0.1) is 12.8 Å². The first kappa shape index (κ1) is 39.8. The van der Waals surface area contributed by atoms with E-state index in [0.29, 0.717) is 13.2 Å². The van der Waals surface area contributed by atoms with Gasteiger partial charge in [0.2, 0.25) is 0 Å². The molecule has 256 valence electrons. The van der Waals surface area contributed by atoms with Crippen LogP contribution < -0.4 is 24.8 Å². The molecule has 2 aliphatic carbocycles. The largest absolute Gasteiger partial charge is 1.00 e. The average molecular weight is 785 g/mol. The second-order valence-electron chi connectivity index (χ2n) is 16.7. The van der Waals surface area contributed by atoms with Gasteiger partial charge in [-0.15, -0.1) is 0 Å². The second kappa shape index (κ2) is 14.9. The molecule has 6 rings (SSSR count). The predicted octanol–water partition coefficient (Wildman–Crippen LogP) is 7.05. The van der Waals surface area contributed by atoms with Gasteiger partial charge in [0.15, 0.2) is 0 Å². The minimum absolute atomic E-state index is 0. The van der Waals surface area contributed by atoms with E-state index in [1.54, 1.807) is 22.3 Å². The van der Waals surface area contributed by atoms with Crippen molar-refractivity contribution in [1.82, 2.24) is 0 Å². The summed E-state index contributed by atoms with van der Waals surface area (Å²) in [6.45, 7) is 28.8. The topological polar surface area (TPSA) is 0 Å². The molecule has 0 radical (unpaired) electrons. The molecule has 0 saturated heterocycles. The van der Waals surface area contributed by atoms with Crippen molar-refractivity contribution in [2.45, 2.75) is 100 Å². The van der Waals surface area contributed by atoms with Crippen LogP contribution in [0.4, 0.5) is 0 Å². The Labute approximate surface area is 318 Å². The maximum absolute atomic E-state index is 2.65. The van der Waals surface area contributed by atoms with Gasteiger partial charge in [0, 0.05) is 0 Å². The minimum Gasteiger partial charge on any atom is -1.00 e. The van der Waals surface area contributed by atoms with Crippen molar-refractivity contribution in [3.05, 3.63) is 129 Å². The van der Waals surface area contributed by atoms with Crippen molar-refractivity contribution < 1.29 is 45.2 Å². The summed E-state index contributed by atoms with van der Waals surface area (Å²) < 4.78 is 1.25. The third-order valence-corrected chi connectivity index (χ3v) is 30.3. The number of aryl methyl sites for hydroxylation is 1. The van der Waals surface area contributed by atoms with Gasteiger partial charge >= 0.3 is 295 Å². The van der Waals surface area contributed by atoms with Gasteiger partial charge in [0.05, 0.1) is 0 Å². The van der Waals surface area contributed by atoms with Gasteiger partial charge in [-0.25, -0.2) is 0 Å². The molecule has 0 heterocycles. The van der Waals surface area contributed by atoms with E-state index in [9.17, 15) is 0 Å². The zero-order chi connectivity index (χ0) is 34.0. The summed E-state index contributed by atoms with van der Waals surface area (Å²) in [6, 6.07) is 30.8. The number of benzene rings is 4. The van der Waals surface area contributed by atoms with Gasteiger partial charge in [-0.2, -0.15) is 0 Å². The van der Waals surface area contributed by atoms with Crippen LogP contribution >= 0.6 is 0 Å². The number of allylic oxidation sites excluding steroid dienone is 2. The molecule has 0 saturated carbocycles. The quantitative estimate of drug-likeness (QED) is 0.191. The number of hydrogen-bond acceptors (Lipinski definition) is 0. The Bertz CT molecular complexity index is 1940. The first-order chi connectivity index (χ1) is 22.1. The van der Waals surface area contributed by atoms with E-state index in [1.165, 1.54) is 50.1 Å². The number of hydrogen-bond donors (Lipinski definition) is 0. The summed E-state index contributed by atoms with van der Waals surface area (Å²) in [4.78, 5) is 0. The van der Waals surface area contributed by atoms with Crippen LogP contribution in [0.2, 0.25) is 13.1 Å². The van der Waals surface area contributed by atoms with Crippen LogP contribution in [-0.4, -0.2) is 5.43 Å². The predicted molar refractivity (Wildman–Crippen MR) is 205 cm³/mol. The Morgan fingerprint density at radius 3 is 1.59 bits per heavy atom. The summed E-state index contributed by atoms with van der Waals surface area (Å²) in [5, 5.41) is 0. The van der Waals surface area contributed by atoms with Crippen LogP contribution in [0.1, 0.15) is 109 Å². The zero-order valence-electron chi connectivity index (χ0n) is 31.6. The Balaban J connectivity index is 0.00000270. The number of fused-ring (bicyclic) bond motifs is 2. The van der Waals surface area contributed by atoms with Crippen molar-refractivity contribution in [2.75, 3.05) is 0 Å². The van der Waals surface area contributed by atoms with Crippen molar-refractivity contribution in [1.29, 1.82) is 0 Å². The fourth-order valence-corrected chi connectivity index (χ4v) is 29.1. The zero-order valence-corrected chi connectivity index (χ0v) is 36.6. The van der Waals surface area contributed by atoms with E-state index >= 15 is 0 Å². The van der Waals surface area contributed by atoms with Crippen molar-refractivity contribution in [3.63, 3.8) is 0 Å². The Morgan fingerprint density at radius 1 is 0.612 bits per heavy atom. The SMILES string of the molecule is CC1=Cc2c(-c3ccc(C(C)(C)C)cc3)ccc(C)c2[CH]1[Zr+2]([CH]1C(C(C)C)=Cc2c(-c3ccc(C(C)(C)C)cc3)cccc21)=[Si](C)C.[Cl-].[Cl-].